The van der Waals surface area contributed by atoms with E-state index in [9.17, 15) is 18.0 Å². The number of benzene rings is 3. The molecule has 1 atom stereocenters. The molecular weight excluding hydrogens is 403 g/mol. The van der Waals surface area contributed by atoms with Crippen molar-refractivity contribution in [3.05, 3.63) is 71.8 Å². The third-order valence-electron chi connectivity index (χ3n) is 5.04. The largest absolute Gasteiger partial charge is 0.488 e. The minimum Gasteiger partial charge on any atom is -0.488 e. The zero-order valence-corrected chi connectivity index (χ0v) is 16.0. The predicted molar refractivity (Wildman–Crippen MR) is 107 cm³/mol. The number of hydrogen-bond acceptors (Lipinski definition) is 2. The van der Waals surface area contributed by atoms with E-state index in [1.165, 1.54) is 6.07 Å². The third-order valence-corrected chi connectivity index (χ3v) is 5.41. The summed E-state index contributed by atoms with van der Waals surface area (Å²) < 4.78 is 45.4. The number of carbonyl (C=O) groups excluding carboxylic acids is 1. The van der Waals surface area contributed by atoms with Crippen LogP contribution in [-0.4, -0.2) is 24.5 Å². The van der Waals surface area contributed by atoms with Crippen LogP contribution < -0.4 is 9.64 Å². The van der Waals surface area contributed by atoms with Gasteiger partial charge < -0.3 is 9.64 Å². The molecule has 3 aromatic rings. The van der Waals surface area contributed by atoms with Gasteiger partial charge in [0, 0.05) is 29.8 Å². The predicted octanol–water partition coefficient (Wildman–Crippen LogP) is 5.65. The van der Waals surface area contributed by atoms with Crippen LogP contribution in [0.2, 0.25) is 0 Å². The number of alkyl halides is 4. The highest BCUT2D eigenvalue weighted by molar-refractivity contribution is 6.19. The molecule has 1 amide bonds. The third kappa shape index (κ3) is 3.65. The summed E-state index contributed by atoms with van der Waals surface area (Å²) in [5.74, 6) is -1.73. The fourth-order valence-corrected chi connectivity index (χ4v) is 3.99. The van der Waals surface area contributed by atoms with Crippen molar-refractivity contribution >= 4 is 34.0 Å². The second kappa shape index (κ2) is 7.59. The first-order valence-electron chi connectivity index (χ1n) is 9.07. The van der Waals surface area contributed by atoms with Gasteiger partial charge in [-0.1, -0.05) is 54.6 Å². The molecule has 0 saturated heterocycles. The maximum atomic E-state index is 13.2. The number of halogens is 4. The highest BCUT2D eigenvalue weighted by Gasteiger charge is 2.47. The van der Waals surface area contributed by atoms with Crippen LogP contribution >= 0.6 is 11.6 Å². The average Bonchev–Trinajstić information content (AvgIpc) is 3.10. The molecule has 3 nitrogen and oxygen atoms in total. The lowest BCUT2D eigenvalue weighted by atomic mass is 9.95. The number of rotatable bonds is 4. The molecule has 29 heavy (non-hydrogen) atoms. The molecular formula is C22H17ClF3NO2. The normalized spacial score (nSPS) is 16.1. The van der Waals surface area contributed by atoms with Crippen LogP contribution in [0.5, 0.6) is 5.75 Å². The summed E-state index contributed by atoms with van der Waals surface area (Å²) in [5.41, 5.74) is 1.79. The number of carbonyl (C=O) groups is 1. The number of nitrogens with zero attached hydrogens (tertiary/aromatic N) is 1. The molecule has 0 saturated carbocycles. The van der Waals surface area contributed by atoms with Crippen LogP contribution in [-0.2, 0) is 11.4 Å². The summed E-state index contributed by atoms with van der Waals surface area (Å²) in [6.07, 6.45) is -4.96. The Morgan fingerprint density at radius 2 is 1.72 bits per heavy atom. The van der Waals surface area contributed by atoms with Gasteiger partial charge in [-0.3, -0.25) is 4.79 Å². The first-order valence-corrected chi connectivity index (χ1v) is 9.60. The van der Waals surface area contributed by atoms with E-state index in [0.717, 1.165) is 21.2 Å². The van der Waals surface area contributed by atoms with Crippen LogP contribution in [0.4, 0.5) is 18.9 Å². The highest BCUT2D eigenvalue weighted by atomic mass is 35.5. The van der Waals surface area contributed by atoms with Gasteiger partial charge in [0.15, 0.2) is 0 Å². The summed E-state index contributed by atoms with van der Waals surface area (Å²) in [7, 11) is 0. The van der Waals surface area contributed by atoms with E-state index in [2.05, 4.69) is 0 Å². The Kier molecular flexibility index (Phi) is 5.13. The van der Waals surface area contributed by atoms with E-state index in [0.29, 0.717) is 11.3 Å². The van der Waals surface area contributed by atoms with E-state index < -0.39 is 12.1 Å². The maximum absolute atomic E-state index is 13.2. The van der Waals surface area contributed by atoms with Gasteiger partial charge in [0.25, 0.3) is 0 Å². The number of amides is 1. The van der Waals surface area contributed by atoms with Gasteiger partial charge in [0.2, 0.25) is 0 Å². The molecule has 0 N–H and O–H groups in total. The van der Waals surface area contributed by atoms with Gasteiger partial charge in [0.1, 0.15) is 12.4 Å². The lowest BCUT2D eigenvalue weighted by Crippen LogP contribution is -2.40. The van der Waals surface area contributed by atoms with E-state index in [1.54, 1.807) is 0 Å². The fourth-order valence-electron chi connectivity index (χ4n) is 3.74. The zero-order chi connectivity index (χ0) is 20.6. The van der Waals surface area contributed by atoms with Gasteiger partial charge in [-0.15, -0.1) is 11.6 Å². The molecule has 0 aromatic heterocycles. The molecule has 0 spiro atoms. The van der Waals surface area contributed by atoms with E-state index in [-0.39, 0.29) is 30.6 Å². The molecule has 1 aliphatic heterocycles. The van der Waals surface area contributed by atoms with Gasteiger partial charge in [-0.2, -0.15) is 13.2 Å². The molecule has 150 valence electrons. The second-order valence-corrected chi connectivity index (χ2v) is 7.20. The van der Waals surface area contributed by atoms with Gasteiger partial charge in [0.05, 0.1) is 5.69 Å². The van der Waals surface area contributed by atoms with Crippen molar-refractivity contribution in [1.29, 1.82) is 0 Å². The van der Waals surface area contributed by atoms with Crippen molar-refractivity contribution in [3.63, 3.8) is 0 Å². The van der Waals surface area contributed by atoms with Gasteiger partial charge >= 0.3 is 12.1 Å². The number of hydrogen-bond donors (Lipinski definition) is 0. The number of anilines is 1. The standard InChI is InChI=1S/C22H17ClF3NO2/c23-11-15-12-27(21(28)22(24,25)26)18-10-19(29-13-14-6-2-1-3-7-14)16-8-4-5-9-17(16)20(15)18/h1-10,15H,11-13H2/t15-/m1/s1. The van der Waals surface area contributed by atoms with E-state index in [4.69, 9.17) is 16.3 Å². The summed E-state index contributed by atoms with van der Waals surface area (Å²) in [6.45, 7) is 0.152. The van der Waals surface area contributed by atoms with Crippen LogP contribution in [0.25, 0.3) is 10.8 Å². The van der Waals surface area contributed by atoms with Crippen molar-refractivity contribution in [2.24, 2.45) is 0 Å². The van der Waals surface area contributed by atoms with E-state index in [1.807, 2.05) is 54.6 Å². The van der Waals surface area contributed by atoms with Crippen LogP contribution in [0, 0.1) is 0 Å². The fraction of sp³-hybridized carbons (Fsp3) is 0.227. The first kappa shape index (κ1) is 19.6. The minimum absolute atomic E-state index is 0.108. The Hall–Kier alpha value is -2.73. The van der Waals surface area contributed by atoms with Crippen LogP contribution in [0.15, 0.2) is 60.7 Å². The SMILES string of the molecule is O=C(N1C[C@@H](CCl)c2c1cc(OCc1ccccc1)c1ccccc21)C(F)(F)F. The van der Waals surface area contributed by atoms with Crippen LogP contribution in [0.1, 0.15) is 17.0 Å². The van der Waals surface area contributed by atoms with Gasteiger partial charge in [-0.25, -0.2) is 0 Å². The molecule has 7 heteroatoms. The molecule has 0 bridgehead atoms. The minimum atomic E-state index is -4.96. The monoisotopic (exact) mass is 419 g/mol. The van der Waals surface area contributed by atoms with Crippen molar-refractivity contribution in [3.8, 4) is 5.75 Å². The topological polar surface area (TPSA) is 29.5 Å². The molecule has 4 rings (SSSR count). The summed E-state index contributed by atoms with van der Waals surface area (Å²) in [6, 6.07) is 18.3. The molecule has 0 radical (unpaired) electrons. The zero-order valence-electron chi connectivity index (χ0n) is 15.2. The van der Waals surface area contributed by atoms with Crippen molar-refractivity contribution in [1.82, 2.24) is 0 Å². The molecule has 0 unspecified atom stereocenters. The average molecular weight is 420 g/mol. The molecule has 0 aliphatic carbocycles. The highest BCUT2D eigenvalue weighted by Crippen LogP contribution is 2.46. The summed E-state index contributed by atoms with van der Waals surface area (Å²) in [4.78, 5) is 12.8. The number of ether oxygens (including phenoxy) is 1. The lowest BCUT2D eigenvalue weighted by molar-refractivity contribution is -0.170. The second-order valence-electron chi connectivity index (χ2n) is 6.89. The Morgan fingerprint density at radius 1 is 1.07 bits per heavy atom. The van der Waals surface area contributed by atoms with Crippen molar-refractivity contribution in [2.45, 2.75) is 18.7 Å². The van der Waals surface area contributed by atoms with E-state index >= 15 is 0 Å². The lowest BCUT2D eigenvalue weighted by Gasteiger charge is -2.20. The molecule has 1 heterocycles. The summed E-state index contributed by atoms with van der Waals surface area (Å²) >= 11 is 6.05. The Labute approximate surface area is 170 Å². The Balaban J connectivity index is 1.82. The smallest absolute Gasteiger partial charge is 0.471 e. The Bertz CT molecular complexity index is 1050. The number of fused-ring (bicyclic) bond motifs is 3. The Morgan fingerprint density at radius 3 is 2.38 bits per heavy atom. The van der Waals surface area contributed by atoms with Crippen molar-refractivity contribution < 1.29 is 22.7 Å². The maximum Gasteiger partial charge on any atom is 0.471 e. The molecule has 0 fully saturated rings. The van der Waals surface area contributed by atoms with Crippen LogP contribution in [0.3, 0.4) is 0 Å². The van der Waals surface area contributed by atoms with Gasteiger partial charge in [-0.05, 0) is 16.5 Å². The van der Waals surface area contributed by atoms with Crippen molar-refractivity contribution in [2.75, 3.05) is 17.3 Å². The summed E-state index contributed by atoms with van der Waals surface area (Å²) in [5, 5.41) is 1.52. The first-order chi connectivity index (χ1) is 13.9. The molecule has 1 aliphatic rings. The molecule has 3 aromatic carbocycles. The quantitative estimate of drug-likeness (QED) is 0.511.